The third-order valence-corrected chi connectivity index (χ3v) is 3.60. The summed E-state index contributed by atoms with van der Waals surface area (Å²) in [5.74, 6) is 0.621. The summed E-state index contributed by atoms with van der Waals surface area (Å²) in [6, 6.07) is 13.4. The van der Waals surface area contributed by atoms with Crippen LogP contribution in [0.5, 0.6) is 5.75 Å². The van der Waals surface area contributed by atoms with Crippen LogP contribution in [0.1, 0.15) is 17.5 Å². The van der Waals surface area contributed by atoms with Crippen molar-refractivity contribution in [2.75, 3.05) is 13.6 Å². The molecule has 0 saturated carbocycles. The standard InChI is InChI=1S/C19H21F4N3O/c1-24-18(25-10-9-19(21,22)23)26-12-14-5-7-17(8-6-14)27-13-15-3-2-4-16(20)11-15/h2-8,11H,9-10,12-13H2,1H3,(H2,24,25,26). The molecule has 0 aliphatic rings. The molecule has 146 valence electrons. The molecule has 0 saturated heterocycles. The van der Waals surface area contributed by atoms with Crippen molar-refractivity contribution in [3.05, 3.63) is 65.5 Å². The molecule has 0 bridgehead atoms. The lowest BCUT2D eigenvalue weighted by Crippen LogP contribution is -2.38. The number of nitrogens with zero attached hydrogens (tertiary/aromatic N) is 1. The molecule has 0 aliphatic carbocycles. The normalized spacial score (nSPS) is 12.0. The highest BCUT2D eigenvalue weighted by atomic mass is 19.4. The predicted molar refractivity (Wildman–Crippen MR) is 96.0 cm³/mol. The molecule has 0 atom stereocenters. The molecule has 0 fully saturated rings. The SMILES string of the molecule is CN=C(NCCC(F)(F)F)NCc1ccc(OCc2cccc(F)c2)cc1. The molecule has 0 radical (unpaired) electrons. The molecule has 0 aromatic heterocycles. The van der Waals surface area contributed by atoms with Crippen LogP contribution in [0.15, 0.2) is 53.5 Å². The zero-order valence-corrected chi connectivity index (χ0v) is 14.8. The molecule has 2 aromatic carbocycles. The smallest absolute Gasteiger partial charge is 0.390 e. The highest BCUT2D eigenvalue weighted by molar-refractivity contribution is 5.79. The minimum Gasteiger partial charge on any atom is -0.489 e. The van der Waals surface area contributed by atoms with Gasteiger partial charge in [0, 0.05) is 20.1 Å². The minimum absolute atomic E-state index is 0.240. The minimum atomic E-state index is -4.20. The third-order valence-electron chi connectivity index (χ3n) is 3.60. The van der Waals surface area contributed by atoms with Crippen LogP contribution >= 0.6 is 0 Å². The van der Waals surface area contributed by atoms with Gasteiger partial charge in [0.15, 0.2) is 5.96 Å². The summed E-state index contributed by atoms with van der Waals surface area (Å²) in [5.41, 5.74) is 1.64. The molecule has 0 heterocycles. The summed E-state index contributed by atoms with van der Waals surface area (Å²) >= 11 is 0. The van der Waals surface area contributed by atoms with Gasteiger partial charge in [0.2, 0.25) is 0 Å². The lowest BCUT2D eigenvalue weighted by atomic mass is 10.2. The highest BCUT2D eigenvalue weighted by Crippen LogP contribution is 2.18. The summed E-state index contributed by atoms with van der Waals surface area (Å²) in [4.78, 5) is 3.88. The summed E-state index contributed by atoms with van der Waals surface area (Å²) in [6.07, 6.45) is -5.13. The third kappa shape index (κ3) is 7.98. The lowest BCUT2D eigenvalue weighted by molar-refractivity contribution is -0.132. The second kappa shape index (κ2) is 9.80. The van der Waals surface area contributed by atoms with Crippen molar-refractivity contribution in [1.82, 2.24) is 10.6 Å². The van der Waals surface area contributed by atoms with Gasteiger partial charge in [0.05, 0.1) is 6.42 Å². The van der Waals surface area contributed by atoms with Crippen molar-refractivity contribution in [1.29, 1.82) is 0 Å². The molecule has 8 heteroatoms. The highest BCUT2D eigenvalue weighted by Gasteiger charge is 2.26. The largest absolute Gasteiger partial charge is 0.489 e. The molecule has 0 aliphatic heterocycles. The van der Waals surface area contributed by atoms with Gasteiger partial charge < -0.3 is 15.4 Å². The van der Waals surface area contributed by atoms with Gasteiger partial charge in [-0.2, -0.15) is 13.2 Å². The fourth-order valence-corrected chi connectivity index (χ4v) is 2.23. The van der Waals surface area contributed by atoms with E-state index < -0.39 is 12.6 Å². The van der Waals surface area contributed by atoms with E-state index in [1.165, 1.54) is 19.2 Å². The van der Waals surface area contributed by atoms with Gasteiger partial charge in [-0.25, -0.2) is 4.39 Å². The number of aliphatic imine (C=N–C) groups is 1. The Balaban J connectivity index is 1.77. The van der Waals surface area contributed by atoms with Gasteiger partial charge >= 0.3 is 6.18 Å². The number of alkyl halides is 3. The van der Waals surface area contributed by atoms with E-state index in [2.05, 4.69) is 15.6 Å². The van der Waals surface area contributed by atoms with Crippen molar-refractivity contribution in [3.63, 3.8) is 0 Å². The first kappa shape index (κ1) is 20.5. The maximum absolute atomic E-state index is 13.1. The molecular weight excluding hydrogens is 362 g/mol. The van der Waals surface area contributed by atoms with Crippen LogP contribution < -0.4 is 15.4 Å². The number of hydrogen-bond donors (Lipinski definition) is 2. The van der Waals surface area contributed by atoms with Gasteiger partial charge in [-0.1, -0.05) is 24.3 Å². The number of benzene rings is 2. The Hall–Kier alpha value is -2.77. The Morgan fingerprint density at radius 3 is 2.41 bits per heavy atom. The summed E-state index contributed by atoms with van der Waals surface area (Å²) in [7, 11) is 1.49. The van der Waals surface area contributed by atoms with Gasteiger partial charge in [-0.05, 0) is 35.4 Å². The maximum Gasteiger partial charge on any atom is 0.390 e. The number of halogens is 4. The molecule has 27 heavy (non-hydrogen) atoms. The van der Waals surface area contributed by atoms with Crippen LogP contribution in [0.2, 0.25) is 0 Å². The van der Waals surface area contributed by atoms with Crippen molar-refractivity contribution in [3.8, 4) is 5.75 Å². The molecule has 4 nitrogen and oxygen atoms in total. The summed E-state index contributed by atoms with van der Waals surface area (Å²) in [5, 5.41) is 5.56. The first-order chi connectivity index (χ1) is 12.9. The van der Waals surface area contributed by atoms with Crippen molar-refractivity contribution < 1.29 is 22.3 Å². The summed E-state index contributed by atoms with van der Waals surface area (Å²) in [6.45, 7) is 0.414. The Labute approximate surface area is 155 Å². The molecular formula is C19H21F4N3O. The van der Waals surface area contributed by atoms with Crippen LogP contribution in [0.25, 0.3) is 0 Å². The van der Waals surface area contributed by atoms with Gasteiger partial charge in [0.25, 0.3) is 0 Å². The summed E-state index contributed by atoms with van der Waals surface area (Å²) < 4.78 is 55.2. The van der Waals surface area contributed by atoms with Crippen LogP contribution in [-0.2, 0) is 13.2 Å². The Morgan fingerprint density at radius 1 is 1.04 bits per heavy atom. The zero-order chi connectivity index (χ0) is 19.7. The molecule has 2 aromatic rings. The zero-order valence-electron chi connectivity index (χ0n) is 14.8. The average Bonchev–Trinajstić information content (AvgIpc) is 2.63. The lowest BCUT2D eigenvalue weighted by Gasteiger charge is -2.13. The molecule has 0 spiro atoms. The number of hydrogen-bond acceptors (Lipinski definition) is 2. The van der Waals surface area contributed by atoms with Crippen LogP contribution in [0.3, 0.4) is 0 Å². The Morgan fingerprint density at radius 2 is 1.78 bits per heavy atom. The van der Waals surface area contributed by atoms with E-state index in [4.69, 9.17) is 4.74 Å². The van der Waals surface area contributed by atoms with Gasteiger partial charge in [-0.15, -0.1) is 0 Å². The number of nitrogens with one attached hydrogen (secondary N) is 2. The van der Waals surface area contributed by atoms with E-state index in [9.17, 15) is 17.6 Å². The maximum atomic E-state index is 13.1. The number of ether oxygens (including phenoxy) is 1. The van der Waals surface area contributed by atoms with Crippen molar-refractivity contribution >= 4 is 5.96 Å². The van der Waals surface area contributed by atoms with Crippen LogP contribution in [0, 0.1) is 5.82 Å². The van der Waals surface area contributed by atoms with E-state index in [0.29, 0.717) is 18.3 Å². The molecule has 0 amide bonds. The monoisotopic (exact) mass is 383 g/mol. The first-order valence-corrected chi connectivity index (χ1v) is 8.33. The van der Waals surface area contributed by atoms with Gasteiger partial charge in [0.1, 0.15) is 18.2 Å². The first-order valence-electron chi connectivity index (χ1n) is 8.33. The van der Waals surface area contributed by atoms with Crippen molar-refractivity contribution in [2.45, 2.75) is 25.7 Å². The number of guanidine groups is 1. The molecule has 2 rings (SSSR count). The molecule has 2 N–H and O–H groups in total. The van der Waals surface area contributed by atoms with Crippen LogP contribution in [0.4, 0.5) is 17.6 Å². The quantitative estimate of drug-likeness (QED) is 0.431. The second-order valence-electron chi connectivity index (χ2n) is 5.78. The van der Waals surface area contributed by atoms with Gasteiger partial charge in [-0.3, -0.25) is 4.99 Å². The number of rotatable bonds is 7. The molecule has 0 unspecified atom stereocenters. The van der Waals surface area contributed by atoms with E-state index in [-0.39, 0.29) is 19.0 Å². The van der Waals surface area contributed by atoms with Crippen molar-refractivity contribution in [2.24, 2.45) is 4.99 Å². The van der Waals surface area contributed by atoms with E-state index >= 15 is 0 Å². The Bertz CT molecular complexity index is 745. The Kier molecular flexibility index (Phi) is 7.45. The fourth-order valence-electron chi connectivity index (χ4n) is 2.23. The topological polar surface area (TPSA) is 45.7 Å². The van der Waals surface area contributed by atoms with Crippen LogP contribution in [-0.4, -0.2) is 25.7 Å². The predicted octanol–water partition coefficient (Wildman–Crippen LogP) is 4.02. The average molecular weight is 383 g/mol. The van der Waals surface area contributed by atoms with E-state index in [0.717, 1.165) is 11.1 Å². The fraction of sp³-hybridized carbons (Fsp3) is 0.316. The second-order valence-corrected chi connectivity index (χ2v) is 5.78. The van der Waals surface area contributed by atoms with E-state index in [1.54, 1.807) is 24.3 Å². The van der Waals surface area contributed by atoms with E-state index in [1.807, 2.05) is 12.1 Å².